The minimum absolute atomic E-state index is 0.437. The Kier molecular flexibility index (Phi) is 4.02. The van der Waals surface area contributed by atoms with Gasteiger partial charge in [0.05, 0.1) is 4.75 Å². The summed E-state index contributed by atoms with van der Waals surface area (Å²) in [6, 6.07) is 18.1. The van der Waals surface area contributed by atoms with Crippen LogP contribution < -0.4 is 4.31 Å². The Labute approximate surface area is 155 Å². The van der Waals surface area contributed by atoms with Crippen molar-refractivity contribution in [2.45, 2.75) is 43.4 Å². The van der Waals surface area contributed by atoms with E-state index in [4.69, 9.17) is 0 Å². The van der Waals surface area contributed by atoms with Crippen LogP contribution in [0.25, 0.3) is 0 Å². The van der Waals surface area contributed by atoms with Crippen LogP contribution >= 0.6 is 11.9 Å². The van der Waals surface area contributed by atoms with Gasteiger partial charge in [-0.2, -0.15) is 0 Å². The zero-order valence-corrected chi connectivity index (χ0v) is 15.6. The summed E-state index contributed by atoms with van der Waals surface area (Å²) < 4.78 is 2.95. The number of nitrogens with zero attached hydrogens (tertiary/aromatic N) is 2. The van der Waals surface area contributed by atoms with E-state index in [0.717, 1.165) is 6.54 Å². The fraction of sp³-hybridized carbons (Fsp3) is 0.455. The van der Waals surface area contributed by atoms with Crippen LogP contribution in [0.4, 0.5) is 5.69 Å². The molecule has 130 valence electrons. The molecule has 1 unspecified atom stereocenters. The van der Waals surface area contributed by atoms with Gasteiger partial charge in [0.1, 0.15) is 0 Å². The molecule has 1 atom stereocenters. The monoisotopic (exact) mass is 350 g/mol. The Morgan fingerprint density at radius 2 is 1.76 bits per heavy atom. The van der Waals surface area contributed by atoms with Crippen molar-refractivity contribution in [3.8, 4) is 0 Å². The highest BCUT2D eigenvalue weighted by Gasteiger charge is 2.44. The summed E-state index contributed by atoms with van der Waals surface area (Å²) >= 11 is 2.10. The van der Waals surface area contributed by atoms with Crippen LogP contribution in [-0.4, -0.2) is 29.3 Å². The van der Waals surface area contributed by atoms with Crippen LogP contribution in [-0.2, 0) is 19.4 Å². The van der Waals surface area contributed by atoms with Crippen molar-refractivity contribution in [3.05, 3.63) is 65.2 Å². The molecule has 2 aromatic rings. The number of para-hydroxylation sites is 1. The number of fused-ring (bicyclic) bond motifs is 1. The number of hydrogen-bond donors (Lipinski definition) is 0. The van der Waals surface area contributed by atoms with E-state index in [1.54, 1.807) is 11.1 Å². The summed E-state index contributed by atoms with van der Waals surface area (Å²) in [7, 11) is 0. The molecule has 0 radical (unpaired) electrons. The Bertz CT molecular complexity index is 760. The minimum Gasteiger partial charge on any atom is -0.316 e. The van der Waals surface area contributed by atoms with Crippen LogP contribution in [0.1, 0.15) is 36.0 Å². The first-order chi connectivity index (χ1) is 12.3. The lowest BCUT2D eigenvalue weighted by molar-refractivity contribution is 0.322. The fourth-order valence-electron chi connectivity index (χ4n) is 4.73. The third kappa shape index (κ3) is 3.09. The molecular weight excluding hydrogens is 324 g/mol. The normalized spacial score (nSPS) is 25.8. The summed E-state index contributed by atoms with van der Waals surface area (Å²) in [5.74, 6) is 0. The predicted molar refractivity (Wildman–Crippen MR) is 107 cm³/mol. The van der Waals surface area contributed by atoms with Gasteiger partial charge >= 0.3 is 0 Å². The van der Waals surface area contributed by atoms with Crippen LogP contribution in [0.5, 0.6) is 0 Å². The number of aryl methyl sites for hydroxylation is 2. The van der Waals surface area contributed by atoms with Crippen LogP contribution in [0.15, 0.2) is 48.5 Å². The van der Waals surface area contributed by atoms with E-state index < -0.39 is 0 Å². The Morgan fingerprint density at radius 3 is 2.68 bits per heavy atom. The second kappa shape index (κ2) is 6.37. The quantitative estimate of drug-likeness (QED) is 0.742. The molecule has 1 spiro atoms. The number of rotatable bonds is 3. The predicted octanol–water partition coefficient (Wildman–Crippen LogP) is 4.68. The summed E-state index contributed by atoms with van der Waals surface area (Å²) in [5.41, 5.74) is 6.07. The van der Waals surface area contributed by atoms with Gasteiger partial charge in [-0.05, 0) is 79.4 Å². The van der Waals surface area contributed by atoms with Crippen LogP contribution in [0, 0.1) is 0 Å². The van der Waals surface area contributed by atoms with Gasteiger partial charge in [-0.15, -0.1) is 0 Å². The third-order valence-corrected chi connectivity index (χ3v) is 7.62. The average Bonchev–Trinajstić information content (AvgIpc) is 3.37. The number of hydrogen-bond acceptors (Lipinski definition) is 3. The lowest BCUT2D eigenvalue weighted by Gasteiger charge is -2.24. The molecule has 25 heavy (non-hydrogen) atoms. The Balaban J connectivity index is 1.24. The zero-order valence-electron chi connectivity index (χ0n) is 14.8. The maximum Gasteiger partial charge on any atom is 0.0515 e. The maximum atomic E-state index is 2.68. The molecule has 2 nitrogen and oxygen atoms in total. The van der Waals surface area contributed by atoms with Crippen LogP contribution in [0.2, 0.25) is 0 Å². The molecule has 3 aliphatic rings. The third-order valence-electron chi connectivity index (χ3n) is 6.08. The highest BCUT2D eigenvalue weighted by molar-refractivity contribution is 8.02. The highest BCUT2D eigenvalue weighted by atomic mass is 32.2. The van der Waals surface area contributed by atoms with Gasteiger partial charge in [-0.25, -0.2) is 0 Å². The van der Waals surface area contributed by atoms with Gasteiger partial charge in [0.25, 0.3) is 0 Å². The van der Waals surface area contributed by atoms with E-state index in [9.17, 15) is 0 Å². The smallest absolute Gasteiger partial charge is 0.0515 e. The molecule has 3 heteroatoms. The second-order valence-corrected chi connectivity index (χ2v) is 9.37. The molecule has 2 heterocycles. The molecule has 2 fully saturated rings. The van der Waals surface area contributed by atoms with Crippen molar-refractivity contribution in [3.63, 3.8) is 0 Å². The Morgan fingerprint density at radius 1 is 0.920 bits per heavy atom. The number of benzene rings is 2. The first-order valence-electron chi connectivity index (χ1n) is 9.65. The van der Waals surface area contributed by atoms with E-state index in [0.29, 0.717) is 4.75 Å². The molecule has 0 saturated carbocycles. The van der Waals surface area contributed by atoms with Crippen molar-refractivity contribution >= 4 is 17.6 Å². The number of anilines is 1. The van der Waals surface area contributed by atoms with E-state index in [2.05, 4.69) is 69.7 Å². The molecule has 0 amide bonds. The fourth-order valence-corrected chi connectivity index (χ4v) is 6.21. The molecule has 2 aromatic carbocycles. The SMILES string of the molecule is c1ccc(N2CCC3(CCN(Cc4ccc5c(c4)CCC5)C3)S2)cc1. The molecule has 0 N–H and O–H groups in total. The van der Waals surface area contributed by atoms with Gasteiger partial charge in [0, 0.05) is 25.3 Å². The van der Waals surface area contributed by atoms with Crippen molar-refractivity contribution in [2.24, 2.45) is 0 Å². The first-order valence-corrected chi connectivity index (χ1v) is 10.4. The largest absolute Gasteiger partial charge is 0.316 e. The average molecular weight is 351 g/mol. The van der Waals surface area contributed by atoms with Gasteiger partial charge in [-0.3, -0.25) is 4.90 Å². The summed E-state index contributed by atoms with van der Waals surface area (Å²) in [6.07, 6.45) is 6.56. The van der Waals surface area contributed by atoms with Crippen molar-refractivity contribution < 1.29 is 0 Å². The molecule has 0 bridgehead atoms. The first kappa shape index (κ1) is 15.8. The molecule has 5 rings (SSSR count). The molecule has 1 aliphatic carbocycles. The Hall–Kier alpha value is -1.45. The minimum atomic E-state index is 0.437. The van der Waals surface area contributed by atoms with Gasteiger partial charge in [0.15, 0.2) is 0 Å². The van der Waals surface area contributed by atoms with E-state index in [1.165, 1.54) is 63.0 Å². The second-order valence-electron chi connectivity index (χ2n) is 7.88. The van der Waals surface area contributed by atoms with E-state index in [-0.39, 0.29) is 0 Å². The summed E-state index contributed by atoms with van der Waals surface area (Å²) in [6.45, 7) is 4.78. The zero-order chi connectivity index (χ0) is 16.7. The maximum absolute atomic E-state index is 2.68. The van der Waals surface area contributed by atoms with E-state index >= 15 is 0 Å². The molecular formula is C22H26N2S. The van der Waals surface area contributed by atoms with Crippen molar-refractivity contribution in [1.82, 2.24) is 4.90 Å². The lowest BCUT2D eigenvalue weighted by atomic mass is 10.0. The van der Waals surface area contributed by atoms with Gasteiger partial charge < -0.3 is 4.31 Å². The van der Waals surface area contributed by atoms with Gasteiger partial charge in [-0.1, -0.05) is 36.4 Å². The van der Waals surface area contributed by atoms with Crippen molar-refractivity contribution in [2.75, 3.05) is 23.9 Å². The standard InChI is InChI=1S/C22H26N2S/c1-2-7-21(8-3-1)24-14-12-22(25-24)11-13-23(17-22)16-18-9-10-19-5-4-6-20(19)15-18/h1-3,7-10,15H,4-6,11-14,16-17H2. The summed E-state index contributed by atoms with van der Waals surface area (Å²) in [5, 5.41) is 0. The molecule has 0 aromatic heterocycles. The molecule has 2 aliphatic heterocycles. The highest BCUT2D eigenvalue weighted by Crippen LogP contribution is 2.47. The van der Waals surface area contributed by atoms with Crippen molar-refractivity contribution in [1.29, 1.82) is 0 Å². The summed E-state index contributed by atoms with van der Waals surface area (Å²) in [4.78, 5) is 2.68. The van der Waals surface area contributed by atoms with Crippen LogP contribution in [0.3, 0.4) is 0 Å². The van der Waals surface area contributed by atoms with E-state index in [1.807, 2.05) is 0 Å². The lowest BCUT2D eigenvalue weighted by Crippen LogP contribution is -2.28. The molecule has 2 saturated heterocycles. The van der Waals surface area contributed by atoms with Gasteiger partial charge in [0.2, 0.25) is 0 Å². The number of likely N-dealkylation sites (tertiary alicyclic amines) is 1. The topological polar surface area (TPSA) is 6.48 Å².